The molecule has 0 spiro atoms. The Balaban J connectivity index is 1.58. The third-order valence-electron chi connectivity index (χ3n) is 5.33. The van der Waals surface area contributed by atoms with E-state index in [1.165, 1.54) is 5.06 Å². The Labute approximate surface area is 203 Å². The number of hydrogen-bond donors (Lipinski definition) is 2. The summed E-state index contributed by atoms with van der Waals surface area (Å²) in [5.74, 6) is 0.126. The molecule has 1 aromatic heterocycles. The summed E-state index contributed by atoms with van der Waals surface area (Å²) in [6, 6.07) is 15.0. The fourth-order valence-corrected chi connectivity index (χ4v) is 3.81. The number of nitrogens with two attached hydrogens (primary N) is 2. The van der Waals surface area contributed by atoms with Crippen LogP contribution in [0, 0.1) is 0 Å². The first-order valence-corrected chi connectivity index (χ1v) is 11.4. The van der Waals surface area contributed by atoms with E-state index in [1.807, 2.05) is 49.4 Å². The molecule has 8 heteroatoms. The van der Waals surface area contributed by atoms with E-state index in [-0.39, 0.29) is 18.9 Å². The molecule has 0 radical (unpaired) electrons. The molecule has 7 nitrogen and oxygen atoms in total. The zero-order valence-electron chi connectivity index (χ0n) is 18.9. The predicted molar refractivity (Wildman–Crippen MR) is 136 cm³/mol. The van der Waals surface area contributed by atoms with Gasteiger partial charge in [0.2, 0.25) is 0 Å². The molecule has 0 saturated carbocycles. The molecule has 0 bridgehead atoms. The summed E-state index contributed by atoms with van der Waals surface area (Å²) in [4.78, 5) is 28.0. The number of hydrogen-bond acceptors (Lipinski definition) is 6. The highest BCUT2D eigenvalue weighted by molar-refractivity contribution is 6.30. The van der Waals surface area contributed by atoms with Gasteiger partial charge in [-0.2, -0.15) is 0 Å². The lowest BCUT2D eigenvalue weighted by molar-refractivity contribution is -0.187. The SMILES string of the molecule is CCCN(OCc1ccc(N)cc1)C(=O)C1=Cc2ccc(-c3cncc(Cl)c3)cc2N=C(N)C1. The molecule has 0 fully saturated rings. The number of amidine groups is 1. The van der Waals surface area contributed by atoms with Crippen molar-refractivity contribution in [2.75, 3.05) is 12.3 Å². The van der Waals surface area contributed by atoms with Gasteiger partial charge in [-0.05, 0) is 47.9 Å². The summed E-state index contributed by atoms with van der Waals surface area (Å²) in [7, 11) is 0. The molecule has 0 atom stereocenters. The van der Waals surface area contributed by atoms with Gasteiger partial charge in [-0.15, -0.1) is 0 Å². The van der Waals surface area contributed by atoms with Crippen molar-refractivity contribution in [3.8, 4) is 11.1 Å². The van der Waals surface area contributed by atoms with E-state index >= 15 is 0 Å². The van der Waals surface area contributed by atoms with Crippen LogP contribution in [0.3, 0.4) is 0 Å². The summed E-state index contributed by atoms with van der Waals surface area (Å²) in [6.07, 6.45) is 6.13. The number of halogens is 1. The molecule has 34 heavy (non-hydrogen) atoms. The predicted octanol–water partition coefficient (Wildman–Crippen LogP) is 5.13. The third-order valence-corrected chi connectivity index (χ3v) is 5.54. The van der Waals surface area contributed by atoms with Crippen molar-refractivity contribution in [1.82, 2.24) is 10.0 Å². The lowest BCUT2D eigenvalue weighted by Gasteiger charge is -2.22. The first-order valence-electron chi connectivity index (χ1n) is 11.0. The van der Waals surface area contributed by atoms with E-state index in [9.17, 15) is 4.79 Å². The second-order valence-corrected chi connectivity index (χ2v) is 8.47. The van der Waals surface area contributed by atoms with Gasteiger partial charge in [-0.25, -0.2) is 10.1 Å². The average molecular weight is 476 g/mol. The summed E-state index contributed by atoms with van der Waals surface area (Å²) in [6.45, 7) is 2.71. The smallest absolute Gasteiger partial charge is 0.273 e. The molecule has 3 aromatic rings. The second-order valence-electron chi connectivity index (χ2n) is 8.04. The number of amides is 1. The Morgan fingerprint density at radius 1 is 1.09 bits per heavy atom. The minimum Gasteiger partial charge on any atom is -0.399 e. The first-order chi connectivity index (χ1) is 16.4. The number of fused-ring (bicyclic) bond motifs is 1. The van der Waals surface area contributed by atoms with Crippen molar-refractivity contribution >= 4 is 40.8 Å². The minimum absolute atomic E-state index is 0.229. The molecular weight excluding hydrogens is 450 g/mol. The largest absolute Gasteiger partial charge is 0.399 e. The highest BCUT2D eigenvalue weighted by Gasteiger charge is 2.22. The molecule has 1 aliphatic rings. The Hall–Kier alpha value is -3.68. The molecule has 4 N–H and O–H groups in total. The van der Waals surface area contributed by atoms with Crippen LogP contribution in [0.5, 0.6) is 0 Å². The molecule has 4 rings (SSSR count). The Morgan fingerprint density at radius 3 is 2.62 bits per heavy atom. The van der Waals surface area contributed by atoms with Crippen molar-refractivity contribution < 1.29 is 9.63 Å². The number of hydroxylamine groups is 2. The molecule has 0 aliphatic carbocycles. The zero-order chi connectivity index (χ0) is 24.1. The average Bonchev–Trinajstić information content (AvgIpc) is 2.99. The number of nitrogen functional groups attached to an aromatic ring is 1. The van der Waals surface area contributed by atoms with Crippen molar-refractivity contribution in [2.45, 2.75) is 26.4 Å². The first kappa shape index (κ1) is 23.5. The van der Waals surface area contributed by atoms with Crippen LogP contribution in [0.25, 0.3) is 17.2 Å². The number of nitrogens with zero attached hydrogens (tertiary/aromatic N) is 3. The maximum absolute atomic E-state index is 13.4. The number of aliphatic imine (C=N–C) groups is 1. The molecular formula is C26H26ClN5O2. The van der Waals surface area contributed by atoms with Crippen LogP contribution in [-0.2, 0) is 16.2 Å². The number of rotatable bonds is 7. The topological polar surface area (TPSA) is 107 Å². The normalized spacial score (nSPS) is 12.9. The van der Waals surface area contributed by atoms with Crippen molar-refractivity contribution in [3.05, 3.63) is 82.6 Å². The van der Waals surface area contributed by atoms with Gasteiger partial charge in [-0.1, -0.05) is 42.8 Å². The van der Waals surface area contributed by atoms with Gasteiger partial charge in [0.25, 0.3) is 5.91 Å². The van der Waals surface area contributed by atoms with Gasteiger partial charge in [0.1, 0.15) is 12.4 Å². The number of carbonyl (C=O) groups excluding carboxylic acids is 1. The second kappa shape index (κ2) is 10.5. The lowest BCUT2D eigenvalue weighted by Crippen LogP contribution is -2.34. The number of anilines is 1. The summed E-state index contributed by atoms with van der Waals surface area (Å²) < 4.78 is 0. The number of aromatic nitrogens is 1. The van der Waals surface area contributed by atoms with Crippen molar-refractivity contribution in [2.24, 2.45) is 10.7 Å². The van der Waals surface area contributed by atoms with Crippen LogP contribution < -0.4 is 11.5 Å². The fourth-order valence-electron chi connectivity index (χ4n) is 3.63. The van der Waals surface area contributed by atoms with Crippen LogP contribution in [0.4, 0.5) is 11.4 Å². The maximum atomic E-state index is 13.4. The van der Waals surface area contributed by atoms with Crippen LogP contribution in [0.1, 0.15) is 30.9 Å². The van der Waals surface area contributed by atoms with Gasteiger partial charge in [0, 0.05) is 47.7 Å². The van der Waals surface area contributed by atoms with Gasteiger partial charge in [0.05, 0.1) is 10.7 Å². The molecule has 2 heterocycles. The molecule has 1 aliphatic heterocycles. The van der Waals surface area contributed by atoms with Gasteiger partial charge in [-0.3, -0.25) is 14.6 Å². The number of pyridine rings is 1. The van der Waals surface area contributed by atoms with Gasteiger partial charge >= 0.3 is 0 Å². The molecule has 0 unspecified atom stereocenters. The highest BCUT2D eigenvalue weighted by Crippen LogP contribution is 2.32. The minimum atomic E-state index is -0.230. The van der Waals surface area contributed by atoms with Crippen molar-refractivity contribution in [3.63, 3.8) is 0 Å². The van der Waals surface area contributed by atoms with E-state index in [2.05, 4.69) is 9.98 Å². The maximum Gasteiger partial charge on any atom is 0.273 e. The van der Waals surface area contributed by atoms with Gasteiger partial charge in [0.15, 0.2) is 0 Å². The van der Waals surface area contributed by atoms with E-state index in [0.717, 1.165) is 28.7 Å². The molecule has 1 amide bonds. The third kappa shape index (κ3) is 5.62. The van der Waals surface area contributed by atoms with E-state index < -0.39 is 0 Å². The highest BCUT2D eigenvalue weighted by atomic mass is 35.5. The van der Waals surface area contributed by atoms with Crippen LogP contribution in [-0.4, -0.2) is 28.3 Å². The van der Waals surface area contributed by atoms with Crippen LogP contribution in [0.2, 0.25) is 5.02 Å². The quantitative estimate of drug-likeness (QED) is 0.364. The number of carbonyl (C=O) groups is 1. The fraction of sp³-hybridized carbons (Fsp3) is 0.192. The van der Waals surface area contributed by atoms with E-state index in [1.54, 1.807) is 24.5 Å². The zero-order valence-corrected chi connectivity index (χ0v) is 19.6. The Morgan fingerprint density at radius 2 is 1.88 bits per heavy atom. The standard InChI is InChI=1S/C26H26ClN5O2/c1-2-9-32(34-16-17-3-7-23(28)8-4-17)26(33)20-10-19-6-5-18(12-24(19)31-25(29)13-20)21-11-22(27)15-30-14-21/h3-8,10-12,14-15H,2,9,13,16,28H2,1H3,(H2,29,31). The Kier molecular flexibility index (Phi) is 7.25. The summed E-state index contributed by atoms with van der Waals surface area (Å²) in [5, 5.41) is 1.95. The van der Waals surface area contributed by atoms with Gasteiger partial charge < -0.3 is 11.5 Å². The van der Waals surface area contributed by atoms with E-state index in [4.69, 9.17) is 27.9 Å². The molecule has 2 aromatic carbocycles. The molecule has 174 valence electrons. The Bertz CT molecular complexity index is 1250. The number of benzene rings is 2. The molecule has 0 saturated heterocycles. The van der Waals surface area contributed by atoms with Crippen LogP contribution in [0.15, 0.2) is 71.5 Å². The summed E-state index contributed by atoms with van der Waals surface area (Å²) >= 11 is 6.09. The van der Waals surface area contributed by atoms with E-state index in [0.29, 0.717) is 34.4 Å². The van der Waals surface area contributed by atoms with Crippen molar-refractivity contribution in [1.29, 1.82) is 0 Å². The van der Waals surface area contributed by atoms with Crippen LogP contribution >= 0.6 is 11.6 Å². The summed E-state index contributed by atoms with van der Waals surface area (Å²) in [5.41, 5.74) is 17.3. The monoisotopic (exact) mass is 475 g/mol. The lowest BCUT2D eigenvalue weighted by atomic mass is 10.0.